The highest BCUT2D eigenvalue weighted by molar-refractivity contribution is 5.78. The topological polar surface area (TPSA) is 46.3 Å². The van der Waals surface area contributed by atoms with Crippen LogP contribution in [0.2, 0.25) is 0 Å². The number of aromatic nitrogens is 1. The van der Waals surface area contributed by atoms with E-state index in [1.165, 1.54) is 0 Å². The number of pyridine rings is 1. The first-order valence-electron chi connectivity index (χ1n) is 5.82. The van der Waals surface area contributed by atoms with Gasteiger partial charge in [0.2, 0.25) is 0 Å². The third-order valence-corrected chi connectivity index (χ3v) is 2.99. The van der Waals surface area contributed by atoms with E-state index in [-0.39, 0.29) is 0 Å². The average Bonchev–Trinajstić information content (AvgIpc) is 2.84. The first kappa shape index (κ1) is 11.0. The van der Waals surface area contributed by atoms with Crippen molar-refractivity contribution in [3.63, 3.8) is 0 Å². The second-order valence-electron chi connectivity index (χ2n) is 4.35. The molecule has 18 heavy (non-hydrogen) atoms. The van der Waals surface area contributed by atoms with Crippen LogP contribution in [-0.2, 0) is 0 Å². The van der Waals surface area contributed by atoms with E-state index in [9.17, 15) is 5.11 Å². The van der Waals surface area contributed by atoms with Crippen LogP contribution in [-0.4, -0.2) is 10.1 Å². The predicted octanol–water partition coefficient (Wildman–Crippen LogP) is 3.22. The number of aryl methyl sites for hydroxylation is 1. The van der Waals surface area contributed by atoms with E-state index in [4.69, 9.17) is 4.42 Å². The Kier molecular flexibility index (Phi) is 2.61. The summed E-state index contributed by atoms with van der Waals surface area (Å²) in [6.07, 6.45) is 2.59. The molecule has 0 aliphatic carbocycles. The average molecular weight is 239 g/mol. The number of benzene rings is 1. The lowest BCUT2D eigenvalue weighted by Crippen LogP contribution is -1.98. The van der Waals surface area contributed by atoms with Crippen LogP contribution in [0.15, 0.2) is 53.3 Å². The van der Waals surface area contributed by atoms with Gasteiger partial charge in [-0.3, -0.25) is 4.98 Å². The maximum atomic E-state index is 10.3. The van der Waals surface area contributed by atoms with E-state index < -0.39 is 6.10 Å². The van der Waals surface area contributed by atoms with Gasteiger partial charge in [0.1, 0.15) is 11.9 Å². The van der Waals surface area contributed by atoms with Crippen LogP contribution in [0, 0.1) is 6.92 Å². The summed E-state index contributed by atoms with van der Waals surface area (Å²) in [7, 11) is 0. The van der Waals surface area contributed by atoms with Gasteiger partial charge in [0.25, 0.3) is 0 Å². The van der Waals surface area contributed by atoms with Crippen molar-refractivity contribution in [1.29, 1.82) is 0 Å². The fourth-order valence-electron chi connectivity index (χ4n) is 2.04. The second-order valence-corrected chi connectivity index (χ2v) is 4.35. The van der Waals surface area contributed by atoms with E-state index in [1.54, 1.807) is 12.5 Å². The van der Waals surface area contributed by atoms with Gasteiger partial charge in [-0.05, 0) is 25.1 Å². The standard InChI is InChI=1S/C15H13NO2/c1-10-6-13(9-18-10)15(17)12-7-11-4-2-3-5-14(11)16-8-12/h2-9,15,17H,1H3. The fourth-order valence-corrected chi connectivity index (χ4v) is 2.04. The van der Waals surface area contributed by atoms with Gasteiger partial charge in [-0.2, -0.15) is 0 Å². The minimum Gasteiger partial charge on any atom is -0.469 e. The van der Waals surface area contributed by atoms with E-state index in [1.807, 2.05) is 43.3 Å². The van der Waals surface area contributed by atoms with E-state index >= 15 is 0 Å². The molecule has 1 unspecified atom stereocenters. The molecule has 1 aromatic carbocycles. The lowest BCUT2D eigenvalue weighted by Gasteiger charge is -2.09. The van der Waals surface area contributed by atoms with E-state index in [0.717, 1.165) is 27.8 Å². The SMILES string of the molecule is Cc1cc(C(O)c2cnc3ccccc3c2)co1. The lowest BCUT2D eigenvalue weighted by atomic mass is 10.0. The molecule has 90 valence electrons. The highest BCUT2D eigenvalue weighted by atomic mass is 16.3. The molecule has 0 saturated heterocycles. The molecule has 3 nitrogen and oxygen atoms in total. The lowest BCUT2D eigenvalue weighted by molar-refractivity contribution is 0.219. The van der Waals surface area contributed by atoms with Crippen molar-refractivity contribution in [2.24, 2.45) is 0 Å². The summed E-state index contributed by atoms with van der Waals surface area (Å²) in [5.41, 5.74) is 2.45. The highest BCUT2D eigenvalue weighted by Gasteiger charge is 2.13. The van der Waals surface area contributed by atoms with Crippen molar-refractivity contribution in [2.75, 3.05) is 0 Å². The summed E-state index contributed by atoms with van der Waals surface area (Å²) in [5.74, 6) is 0.790. The minimum absolute atomic E-state index is 0.695. The molecule has 0 aliphatic rings. The first-order chi connectivity index (χ1) is 8.74. The van der Waals surface area contributed by atoms with Gasteiger partial charge >= 0.3 is 0 Å². The third-order valence-electron chi connectivity index (χ3n) is 2.99. The molecule has 1 atom stereocenters. The zero-order chi connectivity index (χ0) is 12.5. The van der Waals surface area contributed by atoms with Crippen molar-refractivity contribution in [2.45, 2.75) is 13.0 Å². The van der Waals surface area contributed by atoms with Crippen LogP contribution < -0.4 is 0 Å². The van der Waals surface area contributed by atoms with Crippen molar-refractivity contribution in [3.05, 3.63) is 65.7 Å². The van der Waals surface area contributed by atoms with Gasteiger partial charge in [0.15, 0.2) is 0 Å². The first-order valence-corrected chi connectivity index (χ1v) is 5.82. The molecule has 0 radical (unpaired) electrons. The van der Waals surface area contributed by atoms with Crippen molar-refractivity contribution >= 4 is 10.9 Å². The molecule has 0 saturated carbocycles. The van der Waals surface area contributed by atoms with Crippen LogP contribution in [0.1, 0.15) is 23.0 Å². The maximum Gasteiger partial charge on any atom is 0.109 e. The molecule has 2 heterocycles. The Hall–Kier alpha value is -2.13. The molecule has 1 N–H and O–H groups in total. The number of para-hydroxylation sites is 1. The molecule has 3 rings (SSSR count). The quantitative estimate of drug-likeness (QED) is 0.746. The molecule has 0 amide bonds. The smallest absolute Gasteiger partial charge is 0.109 e. The molecule has 2 aromatic heterocycles. The molecule has 0 aliphatic heterocycles. The molecular weight excluding hydrogens is 226 g/mol. The zero-order valence-corrected chi connectivity index (χ0v) is 10.00. The molecule has 3 aromatic rings. The largest absolute Gasteiger partial charge is 0.469 e. The molecule has 0 spiro atoms. The summed E-state index contributed by atoms with van der Waals surface area (Å²) in [6, 6.07) is 11.6. The number of rotatable bonds is 2. The van der Waals surface area contributed by atoms with E-state index in [2.05, 4.69) is 4.98 Å². The zero-order valence-electron chi connectivity index (χ0n) is 10.00. The third kappa shape index (κ3) is 1.89. The Labute approximate surface area is 105 Å². The van der Waals surface area contributed by atoms with Crippen LogP contribution in [0.3, 0.4) is 0 Å². The van der Waals surface area contributed by atoms with Gasteiger partial charge in [0.05, 0.1) is 11.8 Å². The number of aliphatic hydroxyl groups excluding tert-OH is 1. The Morgan fingerprint density at radius 3 is 2.78 bits per heavy atom. The minimum atomic E-state index is -0.695. The summed E-state index contributed by atoms with van der Waals surface area (Å²) in [4.78, 5) is 4.34. The summed E-state index contributed by atoms with van der Waals surface area (Å²) in [6.45, 7) is 1.86. The van der Waals surface area contributed by atoms with Gasteiger partial charge in [-0.15, -0.1) is 0 Å². The van der Waals surface area contributed by atoms with Crippen LogP contribution >= 0.6 is 0 Å². The number of fused-ring (bicyclic) bond motifs is 1. The van der Waals surface area contributed by atoms with Gasteiger partial charge in [-0.1, -0.05) is 18.2 Å². The number of furan rings is 1. The van der Waals surface area contributed by atoms with Gasteiger partial charge in [0, 0.05) is 22.7 Å². The van der Waals surface area contributed by atoms with Gasteiger partial charge < -0.3 is 9.52 Å². The predicted molar refractivity (Wildman–Crippen MR) is 69.2 cm³/mol. The number of nitrogens with zero attached hydrogens (tertiary/aromatic N) is 1. The van der Waals surface area contributed by atoms with Crippen molar-refractivity contribution in [1.82, 2.24) is 4.98 Å². The Morgan fingerprint density at radius 1 is 1.17 bits per heavy atom. The molecular formula is C15H13NO2. The number of hydrogen-bond acceptors (Lipinski definition) is 3. The van der Waals surface area contributed by atoms with E-state index in [0.29, 0.717) is 0 Å². The summed E-state index contributed by atoms with van der Waals surface area (Å²) in [5, 5.41) is 11.3. The molecule has 0 bridgehead atoms. The molecule has 3 heteroatoms. The Balaban J connectivity index is 2.03. The highest BCUT2D eigenvalue weighted by Crippen LogP contribution is 2.25. The number of hydrogen-bond donors (Lipinski definition) is 1. The van der Waals surface area contributed by atoms with Crippen LogP contribution in [0.5, 0.6) is 0 Å². The van der Waals surface area contributed by atoms with Gasteiger partial charge in [-0.25, -0.2) is 0 Å². The van der Waals surface area contributed by atoms with Crippen LogP contribution in [0.25, 0.3) is 10.9 Å². The Morgan fingerprint density at radius 2 is 2.00 bits per heavy atom. The maximum absolute atomic E-state index is 10.3. The normalized spacial score (nSPS) is 12.8. The van der Waals surface area contributed by atoms with Crippen molar-refractivity contribution < 1.29 is 9.52 Å². The summed E-state index contributed by atoms with van der Waals surface area (Å²) < 4.78 is 5.21. The summed E-state index contributed by atoms with van der Waals surface area (Å²) >= 11 is 0. The van der Waals surface area contributed by atoms with Crippen molar-refractivity contribution in [3.8, 4) is 0 Å². The Bertz CT molecular complexity index is 688. The molecule has 0 fully saturated rings. The monoisotopic (exact) mass is 239 g/mol. The number of aliphatic hydroxyl groups is 1. The van der Waals surface area contributed by atoms with Crippen LogP contribution in [0.4, 0.5) is 0 Å². The second kappa shape index (κ2) is 4.27. The fraction of sp³-hybridized carbons (Fsp3) is 0.133.